The van der Waals surface area contributed by atoms with Crippen LogP contribution in [0.3, 0.4) is 0 Å². The highest BCUT2D eigenvalue weighted by molar-refractivity contribution is 6.43. The van der Waals surface area contributed by atoms with Crippen LogP contribution in [0, 0.1) is 0 Å². The first-order valence-corrected chi connectivity index (χ1v) is 9.80. The van der Waals surface area contributed by atoms with Crippen molar-refractivity contribution in [1.29, 1.82) is 0 Å². The summed E-state index contributed by atoms with van der Waals surface area (Å²) in [6.45, 7) is 4.18. The smallest absolute Gasteiger partial charge is 0.295 e. The Morgan fingerprint density at radius 2 is 1.85 bits per heavy atom. The van der Waals surface area contributed by atoms with Crippen LogP contribution in [0.5, 0.6) is 5.75 Å². The number of ketones is 1. The van der Waals surface area contributed by atoms with Gasteiger partial charge in [-0.15, -0.1) is 0 Å². The number of nitrogens with zero attached hydrogens (tertiary/aromatic N) is 1. The molecule has 5 nitrogen and oxygen atoms in total. The van der Waals surface area contributed by atoms with E-state index in [-0.39, 0.29) is 18.2 Å². The van der Waals surface area contributed by atoms with Crippen molar-refractivity contribution in [2.75, 3.05) is 7.05 Å². The minimum absolute atomic E-state index is 0.0570. The summed E-state index contributed by atoms with van der Waals surface area (Å²) in [4.78, 5) is 27.2. The van der Waals surface area contributed by atoms with Crippen LogP contribution in [0.15, 0.2) is 24.3 Å². The number of rotatable bonds is 8. The minimum Gasteiger partial charge on any atom is -0.490 e. The molecule has 1 aromatic rings. The third kappa shape index (κ3) is 5.07. The number of likely N-dealkylation sites (N-methyl/N-ethyl adjacent to an activating group) is 1. The number of benzene rings is 1. The first kappa shape index (κ1) is 20.4. The highest BCUT2D eigenvalue weighted by Gasteiger charge is 2.30. The van der Waals surface area contributed by atoms with Crippen molar-refractivity contribution >= 4 is 11.7 Å². The first-order chi connectivity index (χ1) is 12.5. The van der Waals surface area contributed by atoms with Crippen LogP contribution in [-0.4, -0.2) is 41.8 Å². The second-order valence-corrected chi connectivity index (χ2v) is 7.25. The molecule has 0 bridgehead atoms. The molecule has 0 heterocycles. The average molecular weight is 360 g/mol. The van der Waals surface area contributed by atoms with Crippen molar-refractivity contribution in [1.82, 2.24) is 4.90 Å². The van der Waals surface area contributed by atoms with Crippen molar-refractivity contribution in [3.05, 3.63) is 29.8 Å². The lowest BCUT2D eigenvalue weighted by Gasteiger charge is -2.33. The maximum absolute atomic E-state index is 12.8. The molecule has 1 atom stereocenters. The van der Waals surface area contributed by atoms with E-state index in [9.17, 15) is 9.59 Å². The predicted octanol–water partition coefficient (Wildman–Crippen LogP) is 3.56. The van der Waals surface area contributed by atoms with Gasteiger partial charge >= 0.3 is 0 Å². The van der Waals surface area contributed by atoms with Crippen LogP contribution in [0.4, 0.5) is 0 Å². The van der Waals surface area contributed by atoms with Gasteiger partial charge in [0.15, 0.2) is 0 Å². The molecule has 2 N–H and O–H groups in total. The zero-order chi connectivity index (χ0) is 19.1. The lowest BCUT2D eigenvalue weighted by Crippen LogP contribution is -2.44. The van der Waals surface area contributed by atoms with Crippen molar-refractivity contribution in [3.8, 4) is 5.75 Å². The molecule has 1 aliphatic rings. The second kappa shape index (κ2) is 9.72. The third-order valence-electron chi connectivity index (χ3n) is 5.29. The summed E-state index contributed by atoms with van der Waals surface area (Å²) >= 11 is 0. The molecule has 0 radical (unpaired) electrons. The van der Waals surface area contributed by atoms with E-state index >= 15 is 0 Å². The number of amides is 1. The first-order valence-electron chi connectivity index (χ1n) is 9.80. The number of carbonyl (C=O) groups excluding carboxylic acids is 2. The minimum atomic E-state index is -0.496. The zero-order valence-electron chi connectivity index (χ0n) is 16.2. The highest BCUT2D eigenvalue weighted by Crippen LogP contribution is 2.25. The monoisotopic (exact) mass is 360 g/mol. The Morgan fingerprint density at radius 3 is 2.46 bits per heavy atom. The molecule has 1 aromatic carbocycles. The van der Waals surface area contributed by atoms with Gasteiger partial charge in [0, 0.05) is 19.1 Å². The van der Waals surface area contributed by atoms with Crippen LogP contribution >= 0.6 is 0 Å². The van der Waals surface area contributed by atoms with E-state index in [0.29, 0.717) is 11.3 Å². The maximum Gasteiger partial charge on any atom is 0.295 e. The molecule has 1 unspecified atom stereocenters. The van der Waals surface area contributed by atoms with E-state index in [0.717, 1.165) is 44.9 Å². The van der Waals surface area contributed by atoms with Crippen LogP contribution in [0.2, 0.25) is 0 Å². The van der Waals surface area contributed by atoms with E-state index in [2.05, 4.69) is 13.8 Å². The predicted molar refractivity (Wildman–Crippen MR) is 103 cm³/mol. The number of hydrogen-bond donors (Lipinski definition) is 1. The number of hydrogen-bond acceptors (Lipinski definition) is 4. The van der Waals surface area contributed by atoms with Crippen LogP contribution in [0.1, 0.15) is 69.2 Å². The van der Waals surface area contributed by atoms with Crippen molar-refractivity contribution in [2.24, 2.45) is 5.73 Å². The van der Waals surface area contributed by atoms with Crippen LogP contribution in [0.25, 0.3) is 0 Å². The van der Waals surface area contributed by atoms with Gasteiger partial charge in [0.25, 0.3) is 11.7 Å². The lowest BCUT2D eigenvalue weighted by molar-refractivity contribution is -0.127. The van der Waals surface area contributed by atoms with Gasteiger partial charge in [-0.05, 0) is 50.7 Å². The van der Waals surface area contributed by atoms with E-state index in [1.165, 1.54) is 0 Å². The molecule has 144 valence electrons. The molecular weight excluding hydrogens is 328 g/mol. The largest absolute Gasteiger partial charge is 0.490 e. The standard InChI is InChI=1S/C21H32N2O3/c1-4-8-17(5-2)26-19-10-7-6-9-18(19)20(24)21(25)23(3)16-13-11-15(22)12-14-16/h6-7,9-10,15-17H,4-5,8,11-14,22H2,1-3H3/t15-,16-,17?. The molecule has 0 aliphatic heterocycles. The van der Waals surface area contributed by atoms with Gasteiger partial charge < -0.3 is 15.4 Å². The Hall–Kier alpha value is -1.88. The van der Waals surface area contributed by atoms with Gasteiger partial charge in [0.1, 0.15) is 5.75 Å². The van der Waals surface area contributed by atoms with E-state index in [1.54, 1.807) is 30.1 Å². The number of ether oxygens (including phenoxy) is 1. The number of Topliss-reactive ketones (excluding diaryl/α,β-unsaturated/α-hetero) is 1. The number of nitrogens with two attached hydrogens (primary N) is 1. The number of carbonyl (C=O) groups is 2. The molecule has 1 saturated carbocycles. The highest BCUT2D eigenvalue weighted by atomic mass is 16.5. The molecule has 1 aliphatic carbocycles. The summed E-state index contributed by atoms with van der Waals surface area (Å²) in [6.07, 6.45) is 6.35. The van der Waals surface area contributed by atoms with Crippen molar-refractivity contribution < 1.29 is 14.3 Å². The van der Waals surface area contributed by atoms with Gasteiger partial charge in [-0.1, -0.05) is 32.4 Å². The van der Waals surface area contributed by atoms with E-state index in [4.69, 9.17) is 10.5 Å². The van der Waals surface area contributed by atoms with Gasteiger partial charge in [0.05, 0.1) is 11.7 Å². The fourth-order valence-electron chi connectivity index (χ4n) is 3.54. The Labute approximate surface area is 156 Å². The molecule has 0 spiro atoms. The van der Waals surface area contributed by atoms with Gasteiger partial charge in [-0.25, -0.2) is 0 Å². The van der Waals surface area contributed by atoms with Gasteiger partial charge in [-0.2, -0.15) is 0 Å². The Balaban J connectivity index is 2.11. The number of para-hydroxylation sites is 1. The molecule has 1 fully saturated rings. The fourth-order valence-corrected chi connectivity index (χ4v) is 3.54. The van der Waals surface area contributed by atoms with Crippen molar-refractivity contribution in [3.63, 3.8) is 0 Å². The summed E-state index contributed by atoms with van der Waals surface area (Å²) < 4.78 is 6.04. The van der Waals surface area contributed by atoms with Gasteiger partial charge in [-0.3, -0.25) is 9.59 Å². The maximum atomic E-state index is 12.8. The topological polar surface area (TPSA) is 72.6 Å². The summed E-state index contributed by atoms with van der Waals surface area (Å²) in [5.74, 6) is -0.459. The normalized spacial score (nSPS) is 21.1. The van der Waals surface area contributed by atoms with Gasteiger partial charge in [0.2, 0.25) is 0 Å². The average Bonchev–Trinajstić information content (AvgIpc) is 2.67. The Kier molecular flexibility index (Phi) is 7.64. The molecule has 26 heavy (non-hydrogen) atoms. The van der Waals surface area contributed by atoms with E-state index in [1.807, 2.05) is 6.07 Å². The zero-order valence-corrected chi connectivity index (χ0v) is 16.2. The SMILES string of the molecule is CCCC(CC)Oc1ccccc1C(=O)C(=O)N(C)[C@H]1CC[C@H](N)CC1. The molecular formula is C21H32N2O3. The van der Waals surface area contributed by atoms with E-state index < -0.39 is 11.7 Å². The van der Waals surface area contributed by atoms with Crippen molar-refractivity contribution in [2.45, 2.75) is 77.0 Å². The lowest BCUT2D eigenvalue weighted by atomic mass is 9.90. The molecule has 2 rings (SSSR count). The van der Waals surface area contributed by atoms with Crippen LogP contribution < -0.4 is 10.5 Å². The second-order valence-electron chi connectivity index (χ2n) is 7.25. The summed E-state index contributed by atoms with van der Waals surface area (Å²) in [7, 11) is 1.72. The van der Waals surface area contributed by atoms with Crippen LogP contribution in [-0.2, 0) is 4.79 Å². The molecule has 5 heteroatoms. The molecule has 0 aromatic heterocycles. The molecule has 0 saturated heterocycles. The Bertz CT molecular complexity index is 609. The quantitative estimate of drug-likeness (QED) is 0.568. The summed E-state index contributed by atoms with van der Waals surface area (Å²) in [5.41, 5.74) is 6.29. The third-order valence-corrected chi connectivity index (χ3v) is 5.29. The fraction of sp³-hybridized carbons (Fsp3) is 0.619. The molecule has 1 amide bonds. The summed E-state index contributed by atoms with van der Waals surface area (Å²) in [5, 5.41) is 0. The summed E-state index contributed by atoms with van der Waals surface area (Å²) in [6, 6.07) is 7.36. The Morgan fingerprint density at radius 1 is 1.19 bits per heavy atom.